The van der Waals surface area contributed by atoms with E-state index in [-0.39, 0.29) is 17.5 Å². The minimum absolute atomic E-state index is 0.198. The molecule has 0 aliphatic carbocycles. The molecule has 0 bridgehead atoms. The predicted octanol–water partition coefficient (Wildman–Crippen LogP) is 4.92. The molecule has 4 rings (SSSR count). The summed E-state index contributed by atoms with van der Waals surface area (Å²) in [4.78, 5) is 29.1. The number of carbonyl (C=O) groups is 2. The van der Waals surface area contributed by atoms with E-state index in [1.165, 1.54) is 17.0 Å². The number of nitrogens with zero attached hydrogens (tertiary/aromatic N) is 2. The maximum absolute atomic E-state index is 12.2. The van der Waals surface area contributed by atoms with Crippen LogP contribution in [-0.2, 0) is 9.47 Å². The van der Waals surface area contributed by atoms with Crippen LogP contribution >= 0.6 is 11.3 Å². The highest BCUT2D eigenvalue weighted by atomic mass is 32.1. The van der Waals surface area contributed by atoms with Gasteiger partial charge in [0.2, 0.25) is 0 Å². The zero-order valence-corrected chi connectivity index (χ0v) is 19.0. The summed E-state index contributed by atoms with van der Waals surface area (Å²) in [6, 6.07) is 8.30. The molecule has 0 N–H and O–H groups in total. The fraction of sp³-hybridized carbons (Fsp3) is 0.565. The summed E-state index contributed by atoms with van der Waals surface area (Å²) < 4.78 is 11.7. The maximum atomic E-state index is 12.2. The molecule has 0 saturated carbocycles. The summed E-state index contributed by atoms with van der Waals surface area (Å²) in [5.41, 5.74) is 0.979. The third-order valence-corrected chi connectivity index (χ3v) is 6.95. The van der Waals surface area contributed by atoms with E-state index >= 15 is 0 Å². The van der Waals surface area contributed by atoms with Crippen LogP contribution in [0.15, 0.2) is 24.3 Å². The summed E-state index contributed by atoms with van der Waals surface area (Å²) in [7, 11) is 0. The molecule has 1 amide bonds. The minimum Gasteiger partial charge on any atom is -0.462 e. The van der Waals surface area contributed by atoms with Gasteiger partial charge >= 0.3 is 12.1 Å². The molecule has 3 heterocycles. The van der Waals surface area contributed by atoms with E-state index < -0.39 is 5.60 Å². The number of likely N-dealkylation sites (tertiary alicyclic amines) is 1. The van der Waals surface area contributed by atoms with Crippen molar-refractivity contribution in [3.63, 3.8) is 0 Å². The van der Waals surface area contributed by atoms with Crippen LogP contribution in [0.4, 0.5) is 10.5 Å². The van der Waals surface area contributed by atoms with E-state index in [4.69, 9.17) is 9.47 Å². The van der Waals surface area contributed by atoms with Crippen molar-refractivity contribution >= 4 is 39.2 Å². The van der Waals surface area contributed by atoms with E-state index in [1.54, 1.807) is 0 Å². The van der Waals surface area contributed by atoms with Gasteiger partial charge in [-0.05, 0) is 64.1 Å². The molecule has 2 saturated heterocycles. The highest BCUT2D eigenvalue weighted by Gasteiger charge is 2.47. The second-order valence-corrected chi connectivity index (χ2v) is 10.5. The first-order valence-electron chi connectivity index (χ1n) is 10.6. The zero-order valence-electron chi connectivity index (χ0n) is 18.2. The molecule has 2 aromatic rings. The van der Waals surface area contributed by atoms with Crippen LogP contribution in [-0.4, -0.2) is 55.3 Å². The Morgan fingerprint density at radius 2 is 1.83 bits per heavy atom. The second-order valence-electron chi connectivity index (χ2n) is 9.38. The van der Waals surface area contributed by atoms with Crippen molar-refractivity contribution in [1.29, 1.82) is 0 Å². The topological polar surface area (TPSA) is 59.1 Å². The normalized spacial score (nSPS) is 18.4. The van der Waals surface area contributed by atoms with Crippen LogP contribution in [0.3, 0.4) is 0 Å². The van der Waals surface area contributed by atoms with Crippen LogP contribution in [0.1, 0.15) is 50.2 Å². The zero-order chi connectivity index (χ0) is 21.5. The third-order valence-electron chi connectivity index (χ3n) is 5.87. The van der Waals surface area contributed by atoms with Gasteiger partial charge in [0.25, 0.3) is 0 Å². The van der Waals surface area contributed by atoms with Gasteiger partial charge in [-0.3, -0.25) is 0 Å². The van der Waals surface area contributed by atoms with Gasteiger partial charge in [0.05, 0.1) is 6.61 Å². The van der Waals surface area contributed by atoms with E-state index in [9.17, 15) is 9.59 Å². The van der Waals surface area contributed by atoms with Crippen LogP contribution < -0.4 is 4.90 Å². The van der Waals surface area contributed by atoms with Gasteiger partial charge in [0.1, 0.15) is 10.5 Å². The van der Waals surface area contributed by atoms with E-state index in [2.05, 4.69) is 23.1 Å². The summed E-state index contributed by atoms with van der Waals surface area (Å²) in [6.45, 7) is 11.5. The van der Waals surface area contributed by atoms with Gasteiger partial charge in [-0.2, -0.15) is 0 Å². The molecule has 2 aliphatic heterocycles. The first-order valence-corrected chi connectivity index (χ1v) is 11.4. The van der Waals surface area contributed by atoms with Gasteiger partial charge < -0.3 is 19.3 Å². The Bertz CT molecular complexity index is 946. The lowest BCUT2D eigenvalue weighted by Crippen LogP contribution is -2.62. The average Bonchev–Trinajstić information content (AvgIpc) is 3.08. The van der Waals surface area contributed by atoms with E-state index in [0.29, 0.717) is 11.5 Å². The van der Waals surface area contributed by atoms with Gasteiger partial charge in [-0.15, -0.1) is 11.3 Å². The van der Waals surface area contributed by atoms with E-state index in [1.807, 2.05) is 38.7 Å². The quantitative estimate of drug-likeness (QED) is 0.647. The number of benzene rings is 1. The molecule has 1 spiro atoms. The molecule has 0 radical (unpaired) electrons. The molecule has 7 heteroatoms. The summed E-state index contributed by atoms with van der Waals surface area (Å²) >= 11 is 1.49. The van der Waals surface area contributed by atoms with Crippen molar-refractivity contribution in [3.8, 4) is 0 Å². The third kappa shape index (κ3) is 4.26. The van der Waals surface area contributed by atoms with Gasteiger partial charge in [-0.25, -0.2) is 9.59 Å². The highest BCUT2D eigenvalue weighted by molar-refractivity contribution is 7.20. The Hall–Kier alpha value is -2.28. The van der Waals surface area contributed by atoms with Crippen molar-refractivity contribution in [2.75, 3.05) is 37.7 Å². The van der Waals surface area contributed by atoms with Crippen molar-refractivity contribution < 1.29 is 19.1 Å². The largest absolute Gasteiger partial charge is 0.462 e. The minimum atomic E-state index is -0.448. The molecular formula is C23H30N2O4S. The predicted molar refractivity (Wildman–Crippen MR) is 119 cm³/mol. The molecule has 0 atom stereocenters. The van der Waals surface area contributed by atoms with Gasteiger partial charge in [0.15, 0.2) is 0 Å². The van der Waals surface area contributed by atoms with Crippen molar-refractivity contribution in [2.24, 2.45) is 5.41 Å². The standard InChI is InChI=1S/C23H30N2O4S/c1-5-28-20(26)19-12-16-6-7-17(13-18(16)30-19)24-10-8-23(9-11-24)14-25(15-23)21(27)29-22(2,3)4/h6-7,12-13H,5,8-11,14-15H2,1-4H3. The molecular weight excluding hydrogens is 400 g/mol. The Balaban J connectivity index is 1.36. The SMILES string of the molecule is CCOC(=O)c1cc2ccc(N3CCC4(CC3)CN(C(=O)OC(C)(C)C)C4)cc2s1. The molecule has 30 heavy (non-hydrogen) atoms. The smallest absolute Gasteiger partial charge is 0.410 e. The number of fused-ring (bicyclic) bond motifs is 1. The number of piperidine rings is 1. The summed E-state index contributed by atoms with van der Waals surface area (Å²) in [6.07, 6.45) is 1.95. The molecule has 2 aliphatic rings. The Morgan fingerprint density at radius 1 is 1.13 bits per heavy atom. The number of esters is 1. The second kappa shape index (κ2) is 7.76. The first kappa shape index (κ1) is 21.0. The summed E-state index contributed by atoms with van der Waals surface area (Å²) in [5.74, 6) is -0.250. The Morgan fingerprint density at radius 3 is 2.47 bits per heavy atom. The lowest BCUT2D eigenvalue weighted by Gasteiger charge is -2.54. The van der Waals surface area contributed by atoms with Crippen molar-refractivity contribution in [2.45, 2.75) is 46.1 Å². The molecule has 1 aromatic carbocycles. The molecule has 6 nitrogen and oxygen atoms in total. The van der Waals surface area contributed by atoms with Crippen molar-refractivity contribution in [3.05, 3.63) is 29.1 Å². The number of thiophene rings is 1. The number of ether oxygens (including phenoxy) is 2. The van der Waals surface area contributed by atoms with E-state index in [0.717, 1.165) is 49.1 Å². The maximum Gasteiger partial charge on any atom is 0.410 e. The van der Waals surface area contributed by atoms with Crippen LogP contribution in [0.5, 0.6) is 0 Å². The number of carbonyl (C=O) groups excluding carboxylic acids is 2. The first-order chi connectivity index (χ1) is 14.2. The lowest BCUT2D eigenvalue weighted by atomic mass is 9.72. The van der Waals surface area contributed by atoms with Gasteiger partial charge in [0, 0.05) is 42.0 Å². The molecule has 2 fully saturated rings. The monoisotopic (exact) mass is 430 g/mol. The molecule has 162 valence electrons. The summed E-state index contributed by atoms with van der Waals surface area (Å²) in [5, 5.41) is 1.08. The Labute approximate surface area is 181 Å². The van der Waals surface area contributed by atoms with Crippen LogP contribution in [0.25, 0.3) is 10.1 Å². The highest BCUT2D eigenvalue weighted by Crippen LogP contribution is 2.42. The number of hydrogen-bond donors (Lipinski definition) is 0. The van der Waals surface area contributed by atoms with Crippen molar-refractivity contribution in [1.82, 2.24) is 4.90 Å². The van der Waals surface area contributed by atoms with Gasteiger partial charge in [-0.1, -0.05) is 6.07 Å². The van der Waals surface area contributed by atoms with Crippen LogP contribution in [0, 0.1) is 5.41 Å². The lowest BCUT2D eigenvalue weighted by molar-refractivity contribution is -0.0434. The van der Waals surface area contributed by atoms with Crippen LogP contribution in [0.2, 0.25) is 0 Å². The molecule has 1 aromatic heterocycles. The fourth-order valence-electron chi connectivity index (χ4n) is 4.29. The number of rotatable bonds is 3. The Kier molecular flexibility index (Phi) is 5.43. The number of hydrogen-bond acceptors (Lipinski definition) is 6. The average molecular weight is 431 g/mol. The fourth-order valence-corrected chi connectivity index (χ4v) is 5.28. The number of anilines is 1. The number of amides is 1. The molecule has 0 unspecified atom stereocenters.